The lowest BCUT2D eigenvalue weighted by Crippen LogP contribution is -2.24. The van der Waals surface area contributed by atoms with Gasteiger partial charge in [-0.15, -0.1) is 23.2 Å². The fourth-order valence-corrected chi connectivity index (χ4v) is 5.34. The van der Waals surface area contributed by atoms with Crippen LogP contribution < -0.4 is 9.47 Å². The van der Waals surface area contributed by atoms with Crippen LogP contribution >= 0.6 is 23.2 Å². The zero-order valence-corrected chi connectivity index (χ0v) is 19.5. The van der Waals surface area contributed by atoms with Gasteiger partial charge in [-0.1, -0.05) is 67.6 Å². The molecule has 2 atom stereocenters. The van der Waals surface area contributed by atoms with Gasteiger partial charge in [-0.25, -0.2) is 0 Å². The lowest BCUT2D eigenvalue weighted by molar-refractivity contribution is -0.140. The summed E-state index contributed by atoms with van der Waals surface area (Å²) >= 11 is 12.8. The Labute approximate surface area is 196 Å². The Hall–Kier alpha value is -2.75. The molecule has 1 fully saturated rings. The van der Waals surface area contributed by atoms with Crippen molar-refractivity contribution in [3.63, 3.8) is 0 Å². The van der Waals surface area contributed by atoms with E-state index in [1.807, 2.05) is 73.7 Å². The van der Waals surface area contributed by atoms with Crippen molar-refractivity contribution in [1.82, 2.24) is 0 Å². The second kappa shape index (κ2) is 7.40. The Kier molecular flexibility index (Phi) is 4.88. The predicted octanol–water partition coefficient (Wildman–Crippen LogP) is 7.40. The van der Waals surface area contributed by atoms with E-state index < -0.39 is 15.7 Å². The van der Waals surface area contributed by atoms with Crippen LogP contribution in [0.15, 0.2) is 72.8 Å². The molecule has 0 saturated heterocycles. The number of ether oxygens (including phenoxy) is 2. The first kappa shape index (κ1) is 21.1. The Morgan fingerprint density at radius 1 is 0.812 bits per heavy atom. The Balaban J connectivity index is 1.77. The largest absolute Gasteiger partial charge is 0.496 e. The molecule has 0 aliphatic heterocycles. The highest BCUT2D eigenvalue weighted by Gasteiger charge is 2.76. The van der Waals surface area contributed by atoms with E-state index in [1.165, 1.54) is 0 Å². The monoisotopic (exact) mass is 464 g/mol. The minimum absolute atomic E-state index is 0.207. The average molecular weight is 465 g/mol. The van der Waals surface area contributed by atoms with Gasteiger partial charge in [0.25, 0.3) is 0 Å². The zero-order valence-electron chi connectivity index (χ0n) is 18.0. The van der Waals surface area contributed by atoms with Crippen LogP contribution in [0.5, 0.6) is 11.5 Å². The molecule has 0 spiro atoms. The third-order valence-electron chi connectivity index (χ3n) is 6.90. The van der Waals surface area contributed by atoms with Crippen LogP contribution in [-0.4, -0.2) is 17.4 Å². The molecule has 32 heavy (non-hydrogen) atoms. The van der Waals surface area contributed by atoms with Gasteiger partial charge >= 0.3 is 5.97 Å². The van der Waals surface area contributed by atoms with E-state index in [1.54, 1.807) is 14.0 Å². The molecule has 162 valence electrons. The standard InChI is InChI=1S/C27H22Cl2O3/c1-16-26(2,27(16,28)29)25(30)32-22-15-13-18-9-5-7-11-20(18)24(22)23-19-10-6-4-8-17(19)12-14-21(23)31-3/h4-16H,1-3H3/t16-,26+/m0/s1. The fourth-order valence-electron chi connectivity index (χ4n) is 4.53. The number of esters is 1. The fraction of sp³-hybridized carbons (Fsp3) is 0.222. The van der Waals surface area contributed by atoms with Crippen molar-refractivity contribution in [3.05, 3.63) is 72.8 Å². The van der Waals surface area contributed by atoms with Crippen LogP contribution in [0.2, 0.25) is 0 Å². The molecular weight excluding hydrogens is 443 g/mol. The van der Waals surface area contributed by atoms with Crippen molar-refractivity contribution in [2.45, 2.75) is 18.2 Å². The number of carbonyl (C=O) groups is 1. The maximum atomic E-state index is 13.2. The molecule has 1 saturated carbocycles. The van der Waals surface area contributed by atoms with E-state index in [0.29, 0.717) is 11.5 Å². The molecule has 5 rings (SSSR count). The van der Waals surface area contributed by atoms with Crippen molar-refractivity contribution >= 4 is 50.7 Å². The van der Waals surface area contributed by atoms with E-state index in [9.17, 15) is 4.79 Å². The van der Waals surface area contributed by atoms with Crippen molar-refractivity contribution in [1.29, 1.82) is 0 Å². The number of benzene rings is 4. The molecule has 0 bridgehead atoms. The highest BCUT2D eigenvalue weighted by molar-refractivity contribution is 6.53. The first-order valence-electron chi connectivity index (χ1n) is 10.5. The van der Waals surface area contributed by atoms with Gasteiger partial charge in [-0.3, -0.25) is 4.79 Å². The van der Waals surface area contributed by atoms with Crippen molar-refractivity contribution in [2.75, 3.05) is 7.11 Å². The van der Waals surface area contributed by atoms with E-state index in [4.69, 9.17) is 32.7 Å². The Bertz CT molecular complexity index is 1380. The summed E-state index contributed by atoms with van der Waals surface area (Å²) in [6, 6.07) is 23.9. The number of fused-ring (bicyclic) bond motifs is 2. The van der Waals surface area contributed by atoms with Gasteiger partial charge < -0.3 is 9.47 Å². The molecule has 5 heteroatoms. The quantitative estimate of drug-likeness (QED) is 0.179. The second-order valence-electron chi connectivity index (χ2n) is 8.46. The molecule has 1 aliphatic carbocycles. The number of halogens is 2. The molecule has 0 aromatic heterocycles. The van der Waals surface area contributed by atoms with Crippen LogP contribution in [0.3, 0.4) is 0 Å². The summed E-state index contributed by atoms with van der Waals surface area (Å²) in [4.78, 5) is 13.2. The number of carbonyl (C=O) groups excluding carboxylic acids is 1. The van der Waals surface area contributed by atoms with E-state index in [-0.39, 0.29) is 5.92 Å². The summed E-state index contributed by atoms with van der Waals surface area (Å²) in [5, 5.41) is 4.07. The summed E-state index contributed by atoms with van der Waals surface area (Å²) in [5.41, 5.74) is 0.709. The molecular formula is C27H22Cl2O3. The Morgan fingerprint density at radius 3 is 1.78 bits per heavy atom. The van der Waals surface area contributed by atoms with Gasteiger partial charge in [0.2, 0.25) is 0 Å². The van der Waals surface area contributed by atoms with Crippen molar-refractivity contribution < 1.29 is 14.3 Å². The van der Waals surface area contributed by atoms with Crippen LogP contribution in [-0.2, 0) is 4.79 Å². The number of methoxy groups -OCH3 is 1. The summed E-state index contributed by atoms with van der Waals surface area (Å²) in [6.45, 7) is 3.61. The first-order valence-corrected chi connectivity index (χ1v) is 11.2. The summed E-state index contributed by atoms with van der Waals surface area (Å²) in [6.07, 6.45) is 0. The summed E-state index contributed by atoms with van der Waals surface area (Å²) in [5.74, 6) is 0.507. The highest BCUT2D eigenvalue weighted by Crippen LogP contribution is 2.69. The van der Waals surface area contributed by atoms with Gasteiger partial charge in [0.05, 0.1) is 7.11 Å². The number of hydrogen-bond donors (Lipinski definition) is 0. The van der Waals surface area contributed by atoms with Gasteiger partial charge in [-0.05, 0) is 40.6 Å². The first-order chi connectivity index (χ1) is 15.3. The number of rotatable bonds is 4. The second-order valence-corrected chi connectivity index (χ2v) is 9.85. The van der Waals surface area contributed by atoms with Gasteiger partial charge in [0, 0.05) is 17.0 Å². The van der Waals surface area contributed by atoms with Crippen molar-refractivity contribution in [2.24, 2.45) is 11.3 Å². The van der Waals surface area contributed by atoms with Crippen molar-refractivity contribution in [3.8, 4) is 22.6 Å². The highest BCUT2D eigenvalue weighted by atomic mass is 35.5. The lowest BCUT2D eigenvalue weighted by Gasteiger charge is -2.19. The molecule has 1 aliphatic rings. The average Bonchev–Trinajstić information content (AvgIpc) is 3.22. The minimum Gasteiger partial charge on any atom is -0.496 e. The molecule has 0 radical (unpaired) electrons. The van der Waals surface area contributed by atoms with Gasteiger partial charge in [0.15, 0.2) is 0 Å². The number of hydrogen-bond acceptors (Lipinski definition) is 3. The zero-order chi connectivity index (χ0) is 22.7. The predicted molar refractivity (Wildman–Crippen MR) is 131 cm³/mol. The molecule has 0 unspecified atom stereocenters. The van der Waals surface area contributed by atoms with Crippen LogP contribution in [0.4, 0.5) is 0 Å². The van der Waals surface area contributed by atoms with Gasteiger partial charge in [0.1, 0.15) is 21.2 Å². The molecule has 4 aromatic carbocycles. The number of alkyl halides is 2. The van der Waals surface area contributed by atoms with E-state index in [0.717, 1.165) is 32.7 Å². The summed E-state index contributed by atoms with van der Waals surface area (Å²) < 4.78 is 10.6. The molecule has 4 aromatic rings. The topological polar surface area (TPSA) is 35.5 Å². The molecule has 3 nitrogen and oxygen atoms in total. The van der Waals surface area contributed by atoms with Crippen LogP contribution in [0.1, 0.15) is 13.8 Å². The normalized spacial score (nSPS) is 21.5. The lowest BCUT2D eigenvalue weighted by atomic mass is 9.92. The summed E-state index contributed by atoms with van der Waals surface area (Å²) in [7, 11) is 1.65. The SMILES string of the molecule is COc1ccc2ccccc2c1-c1c(OC(=O)[C@@]2(C)[C@H](C)C2(Cl)Cl)ccc2ccccc12. The maximum absolute atomic E-state index is 13.2. The van der Waals surface area contributed by atoms with Gasteiger partial charge in [-0.2, -0.15) is 0 Å². The minimum atomic E-state index is -1.14. The molecule has 0 N–H and O–H groups in total. The third-order valence-corrected chi connectivity index (χ3v) is 8.34. The maximum Gasteiger partial charge on any atom is 0.320 e. The smallest absolute Gasteiger partial charge is 0.320 e. The third kappa shape index (κ3) is 2.92. The van der Waals surface area contributed by atoms with Crippen LogP contribution in [0.25, 0.3) is 32.7 Å². The van der Waals surface area contributed by atoms with E-state index >= 15 is 0 Å². The Morgan fingerprint density at radius 2 is 1.28 bits per heavy atom. The molecule has 0 amide bonds. The van der Waals surface area contributed by atoms with Crippen LogP contribution in [0, 0.1) is 11.3 Å². The van der Waals surface area contributed by atoms with E-state index in [2.05, 4.69) is 6.07 Å². The molecule has 0 heterocycles.